The third-order valence-corrected chi connectivity index (χ3v) is 7.78. The van der Waals surface area contributed by atoms with Crippen molar-refractivity contribution in [2.75, 3.05) is 6.54 Å². The van der Waals surface area contributed by atoms with Gasteiger partial charge in [0, 0.05) is 6.04 Å². The van der Waals surface area contributed by atoms with Crippen LogP contribution in [0.3, 0.4) is 0 Å². The van der Waals surface area contributed by atoms with E-state index in [0.717, 1.165) is 23.8 Å². The lowest BCUT2D eigenvalue weighted by molar-refractivity contribution is 0.119. The van der Waals surface area contributed by atoms with E-state index < -0.39 is 0 Å². The van der Waals surface area contributed by atoms with Gasteiger partial charge in [0.15, 0.2) is 0 Å². The van der Waals surface area contributed by atoms with Crippen molar-refractivity contribution >= 4 is 0 Å². The Kier molecular flexibility index (Phi) is 3.95. The van der Waals surface area contributed by atoms with E-state index >= 15 is 0 Å². The minimum absolute atomic E-state index is 0.553. The molecule has 1 nitrogen and oxygen atoms in total. The van der Waals surface area contributed by atoms with Gasteiger partial charge in [0.2, 0.25) is 0 Å². The van der Waals surface area contributed by atoms with Crippen LogP contribution in [0, 0.1) is 28.6 Å². The van der Waals surface area contributed by atoms with Gasteiger partial charge in [-0.25, -0.2) is 0 Å². The first-order chi connectivity index (χ1) is 9.43. The summed E-state index contributed by atoms with van der Waals surface area (Å²) in [5.74, 6) is 2.96. The topological polar surface area (TPSA) is 12.0 Å². The Balaban J connectivity index is 1.48. The zero-order valence-corrected chi connectivity index (χ0v) is 14.2. The fourth-order valence-corrected chi connectivity index (χ4v) is 5.80. The van der Waals surface area contributed by atoms with E-state index in [1.807, 2.05) is 0 Å². The maximum absolute atomic E-state index is 3.97. The second-order valence-corrected chi connectivity index (χ2v) is 9.04. The monoisotopic (exact) mass is 277 g/mol. The molecule has 0 aromatic heterocycles. The van der Waals surface area contributed by atoms with E-state index in [1.165, 1.54) is 57.9 Å². The lowest BCUT2D eigenvalue weighted by Gasteiger charge is -2.40. The zero-order valence-electron chi connectivity index (χ0n) is 14.2. The van der Waals surface area contributed by atoms with E-state index in [0.29, 0.717) is 10.8 Å². The van der Waals surface area contributed by atoms with Crippen LogP contribution in [0.1, 0.15) is 79.1 Å². The van der Waals surface area contributed by atoms with Gasteiger partial charge < -0.3 is 5.32 Å². The number of hydrogen-bond acceptors (Lipinski definition) is 1. The molecular formula is C19H35N. The predicted octanol–water partition coefficient (Wildman–Crippen LogP) is 5.01. The Bertz CT molecular complexity index is 348. The molecule has 3 rings (SSSR count). The molecule has 1 N–H and O–H groups in total. The first kappa shape index (κ1) is 14.9. The first-order valence-electron chi connectivity index (χ1n) is 9.17. The molecule has 0 spiro atoms. The third kappa shape index (κ3) is 2.34. The summed E-state index contributed by atoms with van der Waals surface area (Å²) in [6, 6.07) is 0.789. The molecule has 0 saturated heterocycles. The second kappa shape index (κ2) is 5.30. The number of hydrogen-bond donors (Lipinski definition) is 1. The lowest BCUT2D eigenvalue weighted by Crippen LogP contribution is -2.45. The SMILES string of the molecule is CC1CCCC(CCNC2CC3CCC2(C)C3(C)C)C1. The first-order valence-corrected chi connectivity index (χ1v) is 9.17. The van der Waals surface area contributed by atoms with Crippen LogP contribution in [-0.2, 0) is 0 Å². The van der Waals surface area contributed by atoms with Crippen molar-refractivity contribution < 1.29 is 0 Å². The third-order valence-electron chi connectivity index (χ3n) is 7.78. The fraction of sp³-hybridized carbons (Fsp3) is 1.00. The van der Waals surface area contributed by atoms with Gasteiger partial charge in [0.1, 0.15) is 0 Å². The van der Waals surface area contributed by atoms with Gasteiger partial charge in [-0.3, -0.25) is 0 Å². The molecule has 0 aliphatic heterocycles. The summed E-state index contributed by atoms with van der Waals surface area (Å²) >= 11 is 0. The Hall–Kier alpha value is -0.0400. The number of rotatable bonds is 4. The lowest BCUT2D eigenvalue weighted by atomic mass is 9.69. The molecular weight excluding hydrogens is 242 g/mol. The summed E-state index contributed by atoms with van der Waals surface area (Å²) in [6.45, 7) is 11.3. The highest BCUT2D eigenvalue weighted by Crippen LogP contribution is 2.65. The fourth-order valence-electron chi connectivity index (χ4n) is 5.80. The molecule has 3 saturated carbocycles. The molecule has 3 aliphatic carbocycles. The van der Waals surface area contributed by atoms with Crippen LogP contribution in [0.5, 0.6) is 0 Å². The van der Waals surface area contributed by atoms with Crippen LogP contribution >= 0.6 is 0 Å². The van der Waals surface area contributed by atoms with Crippen molar-refractivity contribution in [2.24, 2.45) is 28.6 Å². The quantitative estimate of drug-likeness (QED) is 0.762. The Labute approximate surface area is 126 Å². The molecule has 0 amide bonds. The Morgan fingerprint density at radius 2 is 1.85 bits per heavy atom. The highest BCUT2D eigenvalue weighted by atomic mass is 15.0. The molecule has 3 aliphatic rings. The summed E-state index contributed by atoms with van der Waals surface area (Å²) in [4.78, 5) is 0. The molecule has 0 radical (unpaired) electrons. The molecule has 0 aromatic rings. The van der Waals surface area contributed by atoms with E-state index in [1.54, 1.807) is 0 Å². The summed E-state index contributed by atoms with van der Waals surface area (Å²) in [5.41, 5.74) is 1.11. The van der Waals surface area contributed by atoms with Gasteiger partial charge >= 0.3 is 0 Å². The van der Waals surface area contributed by atoms with Crippen LogP contribution < -0.4 is 5.32 Å². The summed E-state index contributed by atoms with van der Waals surface area (Å²) < 4.78 is 0. The van der Waals surface area contributed by atoms with Gasteiger partial charge in [0.05, 0.1) is 0 Å². The minimum Gasteiger partial charge on any atom is -0.313 e. The van der Waals surface area contributed by atoms with E-state index in [9.17, 15) is 0 Å². The molecule has 20 heavy (non-hydrogen) atoms. The van der Waals surface area contributed by atoms with Crippen LogP contribution in [0.2, 0.25) is 0 Å². The Morgan fingerprint density at radius 1 is 1.05 bits per heavy atom. The minimum atomic E-state index is 0.553. The smallest absolute Gasteiger partial charge is 0.0129 e. The van der Waals surface area contributed by atoms with Crippen LogP contribution in [0.4, 0.5) is 0 Å². The van der Waals surface area contributed by atoms with Crippen molar-refractivity contribution in [3.63, 3.8) is 0 Å². The zero-order chi connectivity index (χ0) is 14.4. The van der Waals surface area contributed by atoms with Crippen LogP contribution in [0.15, 0.2) is 0 Å². The number of nitrogens with one attached hydrogen (secondary N) is 1. The summed E-state index contributed by atoms with van der Waals surface area (Å²) in [6.07, 6.45) is 11.7. The van der Waals surface area contributed by atoms with Crippen molar-refractivity contribution in [3.8, 4) is 0 Å². The van der Waals surface area contributed by atoms with Crippen molar-refractivity contribution in [1.82, 2.24) is 5.32 Å². The number of fused-ring (bicyclic) bond motifs is 2. The molecule has 0 aromatic carbocycles. The van der Waals surface area contributed by atoms with Crippen LogP contribution in [0.25, 0.3) is 0 Å². The second-order valence-electron chi connectivity index (χ2n) is 9.04. The average Bonchev–Trinajstić information content (AvgIpc) is 2.72. The maximum Gasteiger partial charge on any atom is 0.0129 e. The largest absolute Gasteiger partial charge is 0.313 e. The highest BCUT2D eigenvalue weighted by molar-refractivity contribution is 5.12. The summed E-state index contributed by atoms with van der Waals surface area (Å²) in [5, 5.41) is 3.97. The van der Waals surface area contributed by atoms with Gasteiger partial charge in [-0.15, -0.1) is 0 Å². The predicted molar refractivity (Wildman–Crippen MR) is 86.8 cm³/mol. The molecule has 3 fully saturated rings. The van der Waals surface area contributed by atoms with Crippen molar-refractivity contribution in [1.29, 1.82) is 0 Å². The standard InChI is InChI=1S/C19H35N/c1-14-6-5-7-15(12-14)9-11-20-17-13-16-8-10-19(17,4)18(16,2)3/h14-17,20H,5-13H2,1-4H3. The molecule has 0 heterocycles. The highest BCUT2D eigenvalue weighted by Gasteiger charge is 2.60. The average molecular weight is 277 g/mol. The summed E-state index contributed by atoms with van der Waals surface area (Å²) in [7, 11) is 0. The van der Waals surface area contributed by atoms with Gasteiger partial charge in [-0.1, -0.05) is 47.0 Å². The molecule has 5 atom stereocenters. The van der Waals surface area contributed by atoms with Crippen LogP contribution in [-0.4, -0.2) is 12.6 Å². The van der Waals surface area contributed by atoms with Gasteiger partial charge in [-0.05, 0) is 67.2 Å². The van der Waals surface area contributed by atoms with Gasteiger partial charge in [0.25, 0.3) is 0 Å². The molecule has 116 valence electrons. The van der Waals surface area contributed by atoms with Gasteiger partial charge in [-0.2, -0.15) is 0 Å². The van der Waals surface area contributed by atoms with Crippen molar-refractivity contribution in [3.05, 3.63) is 0 Å². The van der Waals surface area contributed by atoms with E-state index in [4.69, 9.17) is 0 Å². The maximum atomic E-state index is 3.97. The van der Waals surface area contributed by atoms with E-state index in [-0.39, 0.29) is 0 Å². The molecule has 5 unspecified atom stereocenters. The Morgan fingerprint density at radius 3 is 2.45 bits per heavy atom. The van der Waals surface area contributed by atoms with Crippen molar-refractivity contribution in [2.45, 2.75) is 85.1 Å². The van der Waals surface area contributed by atoms with E-state index in [2.05, 4.69) is 33.0 Å². The molecule has 1 heteroatoms. The molecule has 2 bridgehead atoms. The normalized spacial score (nSPS) is 46.8.